The number of ether oxygens (including phenoxy) is 1. The van der Waals surface area contributed by atoms with Crippen LogP contribution in [0, 0.1) is 0 Å². The zero-order chi connectivity index (χ0) is 11.8. The number of nitrogens with one attached hydrogen (secondary N) is 1. The van der Waals surface area contributed by atoms with E-state index in [0.29, 0.717) is 19.2 Å². The van der Waals surface area contributed by atoms with Crippen LogP contribution in [0.2, 0.25) is 0 Å². The second-order valence-corrected chi connectivity index (χ2v) is 3.82. The van der Waals surface area contributed by atoms with E-state index >= 15 is 0 Å². The van der Waals surface area contributed by atoms with E-state index in [1.54, 1.807) is 0 Å². The molecule has 0 atom stereocenters. The normalized spacial score (nSPS) is 10.5. The highest BCUT2D eigenvalue weighted by atomic mass is 16.5. The first-order chi connectivity index (χ1) is 7.80. The van der Waals surface area contributed by atoms with Crippen molar-refractivity contribution < 1.29 is 4.74 Å². The predicted octanol–water partition coefficient (Wildman–Crippen LogP) is 2.62. The highest BCUT2D eigenvalue weighted by Gasteiger charge is 2.03. The van der Waals surface area contributed by atoms with Crippen LogP contribution < -0.4 is 15.8 Å². The summed E-state index contributed by atoms with van der Waals surface area (Å²) in [6.45, 7) is 5.49. The van der Waals surface area contributed by atoms with Gasteiger partial charge in [-0.2, -0.15) is 0 Å². The van der Waals surface area contributed by atoms with Crippen molar-refractivity contribution in [2.75, 3.05) is 18.5 Å². The van der Waals surface area contributed by atoms with Crippen molar-refractivity contribution in [2.45, 2.75) is 32.7 Å². The van der Waals surface area contributed by atoms with Crippen LogP contribution in [0.3, 0.4) is 0 Å². The zero-order valence-corrected chi connectivity index (χ0v) is 10.2. The lowest BCUT2D eigenvalue weighted by molar-refractivity contribution is 0.328. The standard InChI is InChI=1S/C13H22N2O/c1-3-11(4-2)15-12-6-5-7-13(10-12)16-9-8-14/h5-7,10-11,15H,3-4,8-9,14H2,1-2H3. The van der Waals surface area contributed by atoms with Gasteiger partial charge < -0.3 is 15.8 Å². The van der Waals surface area contributed by atoms with Crippen LogP contribution in [0.4, 0.5) is 5.69 Å². The molecule has 0 amide bonds. The average Bonchev–Trinajstić information content (AvgIpc) is 2.34. The predicted molar refractivity (Wildman–Crippen MR) is 69.0 cm³/mol. The Labute approximate surface area is 98.0 Å². The number of hydrogen-bond donors (Lipinski definition) is 2. The van der Waals surface area contributed by atoms with Crippen LogP contribution in [-0.2, 0) is 0 Å². The molecule has 0 bridgehead atoms. The minimum Gasteiger partial charge on any atom is -0.492 e. The molecule has 0 heterocycles. The fraction of sp³-hybridized carbons (Fsp3) is 0.538. The largest absolute Gasteiger partial charge is 0.492 e. The SMILES string of the molecule is CCC(CC)Nc1cccc(OCCN)c1. The smallest absolute Gasteiger partial charge is 0.121 e. The third-order valence-electron chi connectivity index (χ3n) is 2.58. The Morgan fingerprint density at radius 1 is 1.31 bits per heavy atom. The summed E-state index contributed by atoms with van der Waals surface area (Å²) in [6.07, 6.45) is 2.26. The fourth-order valence-electron chi connectivity index (χ4n) is 1.58. The first-order valence-corrected chi connectivity index (χ1v) is 5.99. The number of hydrogen-bond acceptors (Lipinski definition) is 3. The topological polar surface area (TPSA) is 47.3 Å². The summed E-state index contributed by atoms with van der Waals surface area (Å²) in [6, 6.07) is 8.57. The molecule has 90 valence electrons. The molecule has 0 aliphatic carbocycles. The molecule has 1 aromatic rings. The second-order valence-electron chi connectivity index (χ2n) is 3.82. The lowest BCUT2D eigenvalue weighted by Gasteiger charge is -2.16. The molecule has 0 radical (unpaired) electrons. The summed E-state index contributed by atoms with van der Waals surface area (Å²) in [4.78, 5) is 0. The number of nitrogens with two attached hydrogens (primary N) is 1. The molecule has 0 saturated heterocycles. The van der Waals surface area contributed by atoms with Gasteiger partial charge in [0.15, 0.2) is 0 Å². The molecule has 1 aromatic carbocycles. The maximum absolute atomic E-state index is 5.48. The first-order valence-electron chi connectivity index (χ1n) is 5.99. The van der Waals surface area contributed by atoms with E-state index in [-0.39, 0.29) is 0 Å². The number of rotatable bonds is 7. The lowest BCUT2D eigenvalue weighted by atomic mass is 10.1. The molecule has 1 rings (SSSR count). The monoisotopic (exact) mass is 222 g/mol. The van der Waals surface area contributed by atoms with Crippen molar-refractivity contribution in [1.29, 1.82) is 0 Å². The summed E-state index contributed by atoms with van der Waals surface area (Å²) in [7, 11) is 0. The summed E-state index contributed by atoms with van der Waals surface area (Å²) in [5, 5.41) is 3.48. The van der Waals surface area contributed by atoms with E-state index < -0.39 is 0 Å². The highest BCUT2D eigenvalue weighted by molar-refractivity contribution is 5.48. The molecule has 0 spiro atoms. The molecule has 0 aliphatic rings. The third-order valence-corrected chi connectivity index (χ3v) is 2.58. The van der Waals surface area contributed by atoms with Gasteiger partial charge in [0.25, 0.3) is 0 Å². The van der Waals surface area contributed by atoms with Gasteiger partial charge in [-0.15, -0.1) is 0 Å². The number of benzene rings is 1. The molecule has 0 aromatic heterocycles. The molecular weight excluding hydrogens is 200 g/mol. The van der Waals surface area contributed by atoms with Crippen LogP contribution >= 0.6 is 0 Å². The Morgan fingerprint density at radius 2 is 2.06 bits per heavy atom. The number of anilines is 1. The van der Waals surface area contributed by atoms with E-state index in [4.69, 9.17) is 10.5 Å². The average molecular weight is 222 g/mol. The van der Waals surface area contributed by atoms with Gasteiger partial charge in [0, 0.05) is 24.3 Å². The van der Waals surface area contributed by atoms with Crippen molar-refractivity contribution in [3.8, 4) is 5.75 Å². The van der Waals surface area contributed by atoms with Gasteiger partial charge >= 0.3 is 0 Å². The molecule has 0 saturated carbocycles. The second kappa shape index (κ2) is 7.12. The minimum atomic E-state index is 0.532. The Hall–Kier alpha value is -1.22. The van der Waals surface area contributed by atoms with E-state index in [2.05, 4.69) is 25.2 Å². The highest BCUT2D eigenvalue weighted by Crippen LogP contribution is 2.19. The van der Waals surface area contributed by atoms with Crippen LogP contribution in [-0.4, -0.2) is 19.2 Å². The Kier molecular flexibility index (Phi) is 5.72. The fourth-order valence-corrected chi connectivity index (χ4v) is 1.58. The van der Waals surface area contributed by atoms with Gasteiger partial charge in [-0.25, -0.2) is 0 Å². The molecule has 16 heavy (non-hydrogen) atoms. The summed E-state index contributed by atoms with van der Waals surface area (Å²) in [5.41, 5.74) is 6.51. The molecule has 3 nitrogen and oxygen atoms in total. The van der Waals surface area contributed by atoms with Gasteiger partial charge in [-0.05, 0) is 25.0 Å². The van der Waals surface area contributed by atoms with Crippen LogP contribution in [0.1, 0.15) is 26.7 Å². The van der Waals surface area contributed by atoms with Crippen LogP contribution in [0.15, 0.2) is 24.3 Å². The first kappa shape index (κ1) is 12.8. The summed E-state index contributed by atoms with van der Waals surface area (Å²) in [5.74, 6) is 0.876. The molecule has 0 unspecified atom stereocenters. The molecule has 0 aliphatic heterocycles. The quantitative estimate of drug-likeness (QED) is 0.745. The van der Waals surface area contributed by atoms with Gasteiger partial charge in [0.1, 0.15) is 12.4 Å². The van der Waals surface area contributed by atoms with Gasteiger partial charge in [-0.1, -0.05) is 19.9 Å². The molecular formula is C13H22N2O. The van der Waals surface area contributed by atoms with Gasteiger partial charge in [-0.3, -0.25) is 0 Å². The third kappa shape index (κ3) is 4.11. The molecule has 3 N–H and O–H groups in total. The van der Waals surface area contributed by atoms with Gasteiger partial charge in [0.05, 0.1) is 0 Å². The summed E-state index contributed by atoms with van der Waals surface area (Å²) >= 11 is 0. The Bertz CT molecular complexity index is 298. The van der Waals surface area contributed by atoms with E-state index in [0.717, 1.165) is 24.3 Å². The van der Waals surface area contributed by atoms with Gasteiger partial charge in [0.2, 0.25) is 0 Å². The van der Waals surface area contributed by atoms with E-state index in [9.17, 15) is 0 Å². The Morgan fingerprint density at radius 3 is 2.69 bits per heavy atom. The lowest BCUT2D eigenvalue weighted by Crippen LogP contribution is -2.17. The van der Waals surface area contributed by atoms with Crippen LogP contribution in [0.25, 0.3) is 0 Å². The minimum absolute atomic E-state index is 0.532. The van der Waals surface area contributed by atoms with Crippen molar-refractivity contribution in [2.24, 2.45) is 5.73 Å². The van der Waals surface area contributed by atoms with Crippen molar-refractivity contribution >= 4 is 5.69 Å². The molecule has 0 fully saturated rings. The maximum Gasteiger partial charge on any atom is 0.121 e. The van der Waals surface area contributed by atoms with Crippen LogP contribution in [0.5, 0.6) is 5.75 Å². The van der Waals surface area contributed by atoms with E-state index in [1.807, 2.05) is 18.2 Å². The zero-order valence-electron chi connectivity index (χ0n) is 10.2. The van der Waals surface area contributed by atoms with Crippen molar-refractivity contribution in [1.82, 2.24) is 0 Å². The van der Waals surface area contributed by atoms with Crippen molar-refractivity contribution in [3.63, 3.8) is 0 Å². The maximum atomic E-state index is 5.48. The van der Waals surface area contributed by atoms with E-state index in [1.165, 1.54) is 0 Å². The van der Waals surface area contributed by atoms with Crippen molar-refractivity contribution in [3.05, 3.63) is 24.3 Å². The molecule has 3 heteroatoms. The summed E-state index contributed by atoms with van der Waals surface area (Å²) < 4.78 is 5.48. The Balaban J connectivity index is 2.59.